The summed E-state index contributed by atoms with van der Waals surface area (Å²) in [6, 6.07) is 5.23. The third-order valence-corrected chi connectivity index (χ3v) is 5.38. The van der Waals surface area contributed by atoms with Crippen molar-refractivity contribution in [3.8, 4) is 5.75 Å². The van der Waals surface area contributed by atoms with Crippen molar-refractivity contribution in [3.05, 3.63) is 55.9 Å². The van der Waals surface area contributed by atoms with Gasteiger partial charge >= 0.3 is 5.97 Å². The van der Waals surface area contributed by atoms with Gasteiger partial charge in [-0.15, -0.1) is 11.3 Å². The number of halogens is 1. The van der Waals surface area contributed by atoms with Gasteiger partial charge in [0.2, 0.25) is 0 Å². The van der Waals surface area contributed by atoms with Gasteiger partial charge in [0, 0.05) is 10.6 Å². The third kappa shape index (κ3) is 3.32. The molecule has 136 valence electrons. The second-order valence-corrected chi connectivity index (χ2v) is 7.03. The van der Waals surface area contributed by atoms with Gasteiger partial charge in [-0.2, -0.15) is 0 Å². The number of methoxy groups -OCH3 is 1. The van der Waals surface area contributed by atoms with Crippen LogP contribution in [-0.4, -0.2) is 29.2 Å². The van der Waals surface area contributed by atoms with E-state index in [0.29, 0.717) is 31.4 Å². The van der Waals surface area contributed by atoms with Gasteiger partial charge < -0.3 is 9.47 Å². The van der Waals surface area contributed by atoms with Crippen molar-refractivity contribution in [3.63, 3.8) is 0 Å². The molecular formula is C18H17ClN2O4S. The first-order valence-corrected chi connectivity index (χ1v) is 9.13. The molecule has 0 saturated carbocycles. The van der Waals surface area contributed by atoms with Gasteiger partial charge in [-0.3, -0.25) is 9.36 Å². The average molecular weight is 393 g/mol. The molecule has 0 aliphatic heterocycles. The monoisotopic (exact) mass is 392 g/mol. The number of nitrogens with zero attached hydrogens (tertiary/aromatic N) is 2. The smallest absolute Gasteiger partial charge is 0.348 e. The van der Waals surface area contributed by atoms with Crippen molar-refractivity contribution in [1.82, 2.24) is 9.55 Å². The molecule has 0 fully saturated rings. The Morgan fingerprint density at radius 3 is 2.85 bits per heavy atom. The van der Waals surface area contributed by atoms with E-state index in [1.54, 1.807) is 39.2 Å². The molecule has 0 radical (unpaired) electrons. The minimum absolute atomic E-state index is 0.221. The molecule has 0 N–H and O–H groups in total. The van der Waals surface area contributed by atoms with Crippen molar-refractivity contribution in [1.29, 1.82) is 0 Å². The summed E-state index contributed by atoms with van der Waals surface area (Å²) in [6.45, 7) is 4.01. The van der Waals surface area contributed by atoms with E-state index in [2.05, 4.69) is 4.98 Å². The number of esters is 1. The highest BCUT2D eigenvalue weighted by Crippen LogP contribution is 2.28. The van der Waals surface area contributed by atoms with Gasteiger partial charge in [-0.1, -0.05) is 11.6 Å². The maximum absolute atomic E-state index is 12.9. The molecule has 0 spiro atoms. The predicted octanol–water partition coefficient (Wildman–Crippen LogP) is 3.65. The van der Waals surface area contributed by atoms with Crippen molar-refractivity contribution in [2.75, 3.05) is 13.7 Å². The summed E-state index contributed by atoms with van der Waals surface area (Å²) in [6.07, 6.45) is 1.47. The molecule has 0 aliphatic carbocycles. The summed E-state index contributed by atoms with van der Waals surface area (Å²) in [5.41, 5.74) is 1.14. The van der Waals surface area contributed by atoms with E-state index in [1.165, 1.54) is 22.2 Å². The normalized spacial score (nSPS) is 10.9. The summed E-state index contributed by atoms with van der Waals surface area (Å²) < 4.78 is 11.9. The third-order valence-electron chi connectivity index (χ3n) is 3.96. The Bertz CT molecular complexity index is 1040. The Kier molecular flexibility index (Phi) is 5.29. The fourth-order valence-electron chi connectivity index (χ4n) is 2.72. The van der Waals surface area contributed by atoms with Crippen LogP contribution in [0.3, 0.4) is 0 Å². The van der Waals surface area contributed by atoms with E-state index in [0.717, 1.165) is 5.56 Å². The second-order valence-electron chi connectivity index (χ2n) is 5.59. The topological polar surface area (TPSA) is 70.4 Å². The zero-order chi connectivity index (χ0) is 18.8. The quantitative estimate of drug-likeness (QED) is 0.620. The highest BCUT2D eigenvalue weighted by atomic mass is 35.5. The highest BCUT2D eigenvalue weighted by Gasteiger charge is 2.20. The predicted molar refractivity (Wildman–Crippen MR) is 102 cm³/mol. The zero-order valence-corrected chi connectivity index (χ0v) is 16.1. The zero-order valence-electron chi connectivity index (χ0n) is 14.5. The number of fused-ring (bicyclic) bond motifs is 1. The van der Waals surface area contributed by atoms with Crippen LogP contribution in [0, 0.1) is 6.92 Å². The van der Waals surface area contributed by atoms with Gasteiger partial charge in [0.25, 0.3) is 5.56 Å². The lowest BCUT2D eigenvalue weighted by atomic mass is 10.2. The van der Waals surface area contributed by atoms with E-state index >= 15 is 0 Å². The van der Waals surface area contributed by atoms with Crippen LogP contribution in [0.4, 0.5) is 0 Å². The molecule has 0 bridgehead atoms. The Morgan fingerprint density at radius 2 is 2.15 bits per heavy atom. The minimum atomic E-state index is -0.435. The van der Waals surface area contributed by atoms with Crippen molar-refractivity contribution < 1.29 is 14.3 Å². The molecule has 1 aromatic carbocycles. The lowest BCUT2D eigenvalue weighted by molar-refractivity contribution is 0.0531. The van der Waals surface area contributed by atoms with Crippen LogP contribution in [0.15, 0.2) is 29.3 Å². The summed E-state index contributed by atoms with van der Waals surface area (Å²) in [4.78, 5) is 30.3. The summed E-state index contributed by atoms with van der Waals surface area (Å²) in [7, 11) is 1.56. The Labute approximate surface area is 159 Å². The number of ether oxygens (including phenoxy) is 2. The number of aryl methyl sites for hydroxylation is 1. The molecular weight excluding hydrogens is 376 g/mol. The molecule has 3 aromatic rings. The van der Waals surface area contributed by atoms with Crippen LogP contribution in [0.5, 0.6) is 5.75 Å². The largest absolute Gasteiger partial charge is 0.496 e. The number of carbonyl (C=O) groups is 1. The van der Waals surface area contributed by atoms with Crippen molar-refractivity contribution >= 4 is 39.1 Å². The van der Waals surface area contributed by atoms with Crippen LogP contribution in [0.2, 0.25) is 5.02 Å². The number of aromatic nitrogens is 2. The standard InChI is InChI=1S/C18H17ClN2O4S/c1-4-25-18(23)15-10(2)14-16(26-15)20-9-21(17(14)22)8-11-7-12(19)5-6-13(11)24-3/h5-7,9H,4,8H2,1-3H3. The lowest BCUT2D eigenvalue weighted by Crippen LogP contribution is -2.21. The fourth-order valence-corrected chi connectivity index (χ4v) is 3.95. The van der Waals surface area contributed by atoms with Gasteiger partial charge in [0.05, 0.1) is 32.0 Å². The van der Waals surface area contributed by atoms with E-state index in [4.69, 9.17) is 21.1 Å². The van der Waals surface area contributed by atoms with E-state index in [1.807, 2.05) is 0 Å². The first-order chi connectivity index (χ1) is 12.5. The van der Waals surface area contributed by atoms with Crippen LogP contribution in [-0.2, 0) is 11.3 Å². The molecule has 2 aromatic heterocycles. The average Bonchev–Trinajstić information content (AvgIpc) is 2.95. The lowest BCUT2D eigenvalue weighted by Gasteiger charge is -2.10. The molecule has 26 heavy (non-hydrogen) atoms. The Balaban J connectivity index is 2.08. The summed E-state index contributed by atoms with van der Waals surface area (Å²) in [5, 5.41) is 0.987. The first kappa shape index (κ1) is 18.4. The van der Waals surface area contributed by atoms with E-state index in [9.17, 15) is 9.59 Å². The van der Waals surface area contributed by atoms with Crippen molar-refractivity contribution in [2.45, 2.75) is 20.4 Å². The van der Waals surface area contributed by atoms with Gasteiger partial charge in [-0.25, -0.2) is 9.78 Å². The van der Waals surface area contributed by atoms with E-state index < -0.39 is 5.97 Å². The number of carbonyl (C=O) groups excluding carboxylic acids is 1. The minimum Gasteiger partial charge on any atom is -0.496 e. The van der Waals surface area contributed by atoms with Crippen molar-refractivity contribution in [2.24, 2.45) is 0 Å². The van der Waals surface area contributed by atoms with E-state index in [-0.39, 0.29) is 18.7 Å². The molecule has 0 saturated heterocycles. The number of hydrogen-bond acceptors (Lipinski definition) is 6. The maximum atomic E-state index is 12.9. The van der Waals surface area contributed by atoms with Crippen LogP contribution >= 0.6 is 22.9 Å². The van der Waals surface area contributed by atoms with Crippen LogP contribution in [0.25, 0.3) is 10.2 Å². The second kappa shape index (κ2) is 7.47. The van der Waals surface area contributed by atoms with Gasteiger partial charge in [0.15, 0.2) is 0 Å². The van der Waals surface area contributed by atoms with Crippen LogP contribution < -0.4 is 10.3 Å². The maximum Gasteiger partial charge on any atom is 0.348 e. The van der Waals surface area contributed by atoms with Gasteiger partial charge in [-0.05, 0) is 37.6 Å². The Hall–Kier alpha value is -2.38. The highest BCUT2D eigenvalue weighted by molar-refractivity contribution is 7.20. The molecule has 2 heterocycles. The molecule has 8 heteroatoms. The molecule has 6 nitrogen and oxygen atoms in total. The number of hydrogen-bond donors (Lipinski definition) is 0. The molecule has 3 rings (SSSR count). The first-order valence-electron chi connectivity index (χ1n) is 7.94. The Morgan fingerprint density at radius 1 is 1.38 bits per heavy atom. The number of rotatable bonds is 5. The summed E-state index contributed by atoms with van der Waals surface area (Å²) in [5.74, 6) is 0.200. The number of benzene rings is 1. The molecule has 0 atom stereocenters. The summed E-state index contributed by atoms with van der Waals surface area (Å²) >= 11 is 7.23. The molecule has 0 unspecified atom stereocenters. The molecule has 0 amide bonds. The fraction of sp³-hybridized carbons (Fsp3) is 0.278. The SMILES string of the molecule is CCOC(=O)c1sc2ncn(Cc3cc(Cl)ccc3OC)c(=O)c2c1C. The number of thiophene rings is 1. The van der Waals surface area contributed by atoms with Crippen LogP contribution in [0.1, 0.15) is 27.7 Å². The molecule has 0 aliphatic rings. The van der Waals surface area contributed by atoms with Gasteiger partial charge in [0.1, 0.15) is 15.5 Å².